The van der Waals surface area contributed by atoms with E-state index in [1.807, 2.05) is 18.2 Å². The van der Waals surface area contributed by atoms with Crippen molar-refractivity contribution in [1.29, 1.82) is 0 Å². The second-order valence-electron chi connectivity index (χ2n) is 7.23. The summed E-state index contributed by atoms with van der Waals surface area (Å²) in [7, 11) is 0. The number of anilines is 1. The zero-order valence-corrected chi connectivity index (χ0v) is 16.2. The van der Waals surface area contributed by atoms with E-state index < -0.39 is 5.91 Å². The van der Waals surface area contributed by atoms with Crippen molar-refractivity contribution in [2.75, 3.05) is 5.32 Å². The van der Waals surface area contributed by atoms with Crippen LogP contribution in [0.2, 0.25) is 0 Å². The van der Waals surface area contributed by atoms with Crippen LogP contribution in [0.3, 0.4) is 0 Å². The Kier molecular flexibility index (Phi) is 4.41. The lowest BCUT2D eigenvalue weighted by atomic mass is 10.1. The van der Waals surface area contributed by atoms with E-state index in [0.717, 1.165) is 23.3 Å². The average molecular weight is 392 g/mol. The number of hydrogen-bond acceptors (Lipinski definition) is 3. The topological polar surface area (TPSA) is 83.8 Å². The maximum absolute atomic E-state index is 11.6. The SMILES string of the molecule is NC(=O)c1cccc2[nH]c(-c3ccc(CNc4cccc5ccccc45)cc3)nc12. The molecule has 0 saturated carbocycles. The lowest BCUT2D eigenvalue weighted by molar-refractivity contribution is 0.100. The van der Waals surface area contributed by atoms with Crippen molar-refractivity contribution >= 4 is 33.4 Å². The molecular weight excluding hydrogens is 372 g/mol. The van der Waals surface area contributed by atoms with Crippen LogP contribution in [0.1, 0.15) is 15.9 Å². The molecule has 0 unspecified atom stereocenters. The third-order valence-electron chi connectivity index (χ3n) is 5.28. The largest absolute Gasteiger partial charge is 0.380 e. The molecular formula is C25H20N4O. The summed E-state index contributed by atoms with van der Waals surface area (Å²) in [6, 6.07) is 28.2. The molecule has 146 valence electrons. The number of benzene rings is 4. The number of hydrogen-bond donors (Lipinski definition) is 3. The Bertz CT molecular complexity index is 1360. The summed E-state index contributed by atoms with van der Waals surface area (Å²) in [6.45, 7) is 0.722. The first-order valence-electron chi connectivity index (χ1n) is 9.78. The summed E-state index contributed by atoms with van der Waals surface area (Å²) in [6.07, 6.45) is 0. The quantitative estimate of drug-likeness (QED) is 0.389. The Morgan fingerprint density at radius 3 is 2.50 bits per heavy atom. The van der Waals surface area contributed by atoms with Crippen LogP contribution in [-0.2, 0) is 6.54 Å². The molecule has 5 heteroatoms. The van der Waals surface area contributed by atoms with Gasteiger partial charge in [-0.15, -0.1) is 0 Å². The summed E-state index contributed by atoms with van der Waals surface area (Å²) >= 11 is 0. The van der Waals surface area contributed by atoms with Crippen LogP contribution in [0.15, 0.2) is 84.9 Å². The monoisotopic (exact) mass is 392 g/mol. The molecule has 0 saturated heterocycles. The Morgan fingerprint density at radius 2 is 1.67 bits per heavy atom. The Labute approximate surface area is 173 Å². The fraction of sp³-hybridized carbons (Fsp3) is 0.0400. The Balaban J connectivity index is 1.37. The van der Waals surface area contributed by atoms with Gasteiger partial charge in [0.05, 0.1) is 11.1 Å². The number of carbonyl (C=O) groups is 1. The van der Waals surface area contributed by atoms with Crippen molar-refractivity contribution in [2.45, 2.75) is 6.54 Å². The molecule has 30 heavy (non-hydrogen) atoms. The molecule has 5 nitrogen and oxygen atoms in total. The van der Waals surface area contributed by atoms with Crippen molar-refractivity contribution in [2.24, 2.45) is 5.73 Å². The zero-order valence-electron chi connectivity index (χ0n) is 16.2. The van der Waals surface area contributed by atoms with Crippen molar-refractivity contribution in [3.05, 3.63) is 96.1 Å². The molecule has 1 aromatic heterocycles. The number of nitrogens with two attached hydrogens (primary N) is 1. The molecule has 5 rings (SSSR count). The van der Waals surface area contributed by atoms with Crippen molar-refractivity contribution in [3.63, 3.8) is 0 Å². The Morgan fingerprint density at radius 1 is 0.900 bits per heavy atom. The molecule has 0 aliphatic rings. The van der Waals surface area contributed by atoms with Crippen molar-refractivity contribution < 1.29 is 4.79 Å². The minimum absolute atomic E-state index is 0.422. The number of imidazole rings is 1. The number of carbonyl (C=O) groups excluding carboxylic acids is 1. The van der Waals surface area contributed by atoms with Gasteiger partial charge in [-0.3, -0.25) is 4.79 Å². The molecule has 4 N–H and O–H groups in total. The molecule has 0 spiro atoms. The molecule has 5 aromatic rings. The number of aromatic amines is 1. The average Bonchev–Trinajstić information content (AvgIpc) is 3.22. The van der Waals surface area contributed by atoms with Gasteiger partial charge in [0.25, 0.3) is 5.91 Å². The van der Waals surface area contributed by atoms with Crippen LogP contribution in [0.5, 0.6) is 0 Å². The van der Waals surface area contributed by atoms with Crippen LogP contribution >= 0.6 is 0 Å². The lowest BCUT2D eigenvalue weighted by Crippen LogP contribution is -2.11. The van der Waals surface area contributed by atoms with Gasteiger partial charge in [-0.1, -0.05) is 66.7 Å². The van der Waals surface area contributed by atoms with Gasteiger partial charge in [0.15, 0.2) is 0 Å². The highest BCUT2D eigenvalue weighted by Gasteiger charge is 2.12. The third kappa shape index (κ3) is 3.26. The van der Waals surface area contributed by atoms with Gasteiger partial charge in [-0.25, -0.2) is 4.98 Å². The summed E-state index contributed by atoms with van der Waals surface area (Å²) in [5.41, 5.74) is 10.5. The van der Waals surface area contributed by atoms with E-state index in [9.17, 15) is 4.79 Å². The highest BCUT2D eigenvalue weighted by molar-refractivity contribution is 6.04. The van der Waals surface area contributed by atoms with E-state index in [1.54, 1.807) is 12.1 Å². The predicted molar refractivity (Wildman–Crippen MR) is 121 cm³/mol. The number of amides is 1. The summed E-state index contributed by atoms with van der Waals surface area (Å²) in [4.78, 5) is 19.5. The summed E-state index contributed by atoms with van der Waals surface area (Å²) in [5.74, 6) is 0.237. The number of rotatable bonds is 5. The number of fused-ring (bicyclic) bond motifs is 2. The zero-order chi connectivity index (χ0) is 20.5. The lowest BCUT2D eigenvalue weighted by Gasteiger charge is -2.10. The number of primary amides is 1. The number of H-pyrrole nitrogens is 1. The fourth-order valence-corrected chi connectivity index (χ4v) is 3.73. The standard InChI is InChI=1S/C25H20N4O/c26-24(30)20-8-4-10-22-23(20)29-25(28-22)18-13-11-16(12-14-18)15-27-21-9-3-6-17-5-1-2-7-19(17)21/h1-14,27H,15H2,(H2,26,30)(H,28,29). The van der Waals surface area contributed by atoms with Crippen LogP contribution in [0.25, 0.3) is 33.2 Å². The summed E-state index contributed by atoms with van der Waals surface area (Å²) in [5, 5.41) is 5.96. The van der Waals surface area contributed by atoms with E-state index in [4.69, 9.17) is 5.73 Å². The normalized spacial score (nSPS) is 11.1. The van der Waals surface area contributed by atoms with Crippen molar-refractivity contribution in [1.82, 2.24) is 9.97 Å². The first kappa shape index (κ1) is 17.9. The predicted octanol–water partition coefficient (Wildman–Crippen LogP) is 5.09. The molecule has 4 aromatic carbocycles. The highest BCUT2D eigenvalue weighted by Crippen LogP contribution is 2.25. The molecule has 0 aliphatic heterocycles. The number of nitrogens with one attached hydrogen (secondary N) is 2. The van der Waals surface area contributed by atoms with Crippen LogP contribution in [0, 0.1) is 0 Å². The molecule has 1 heterocycles. The smallest absolute Gasteiger partial charge is 0.250 e. The van der Waals surface area contributed by atoms with Gasteiger partial charge in [0.1, 0.15) is 11.3 Å². The van der Waals surface area contributed by atoms with Crippen LogP contribution < -0.4 is 11.1 Å². The minimum Gasteiger partial charge on any atom is -0.380 e. The van der Waals surface area contributed by atoms with E-state index in [0.29, 0.717) is 16.9 Å². The molecule has 0 fully saturated rings. The first-order chi connectivity index (χ1) is 14.7. The summed E-state index contributed by atoms with van der Waals surface area (Å²) < 4.78 is 0. The molecule has 0 bridgehead atoms. The molecule has 0 atom stereocenters. The van der Waals surface area contributed by atoms with Gasteiger partial charge < -0.3 is 16.0 Å². The fourth-order valence-electron chi connectivity index (χ4n) is 3.73. The van der Waals surface area contributed by atoms with E-state index in [-0.39, 0.29) is 0 Å². The van der Waals surface area contributed by atoms with Crippen LogP contribution in [0.4, 0.5) is 5.69 Å². The highest BCUT2D eigenvalue weighted by atomic mass is 16.1. The van der Waals surface area contributed by atoms with E-state index >= 15 is 0 Å². The van der Waals surface area contributed by atoms with Gasteiger partial charge in [-0.05, 0) is 29.1 Å². The Hall–Kier alpha value is -4.12. The second-order valence-corrected chi connectivity index (χ2v) is 7.23. The second kappa shape index (κ2) is 7.37. The molecule has 0 radical (unpaired) electrons. The van der Waals surface area contributed by atoms with E-state index in [2.05, 4.69) is 69.9 Å². The first-order valence-corrected chi connectivity index (χ1v) is 9.78. The maximum atomic E-state index is 11.6. The van der Waals surface area contributed by atoms with Crippen molar-refractivity contribution in [3.8, 4) is 11.4 Å². The van der Waals surface area contributed by atoms with E-state index in [1.165, 1.54) is 16.3 Å². The minimum atomic E-state index is -0.478. The number of nitrogens with zero attached hydrogens (tertiary/aromatic N) is 1. The molecule has 0 aliphatic carbocycles. The van der Waals surface area contributed by atoms with Gasteiger partial charge >= 0.3 is 0 Å². The maximum Gasteiger partial charge on any atom is 0.250 e. The van der Waals surface area contributed by atoms with Gasteiger partial charge in [0.2, 0.25) is 0 Å². The number of aromatic nitrogens is 2. The molecule has 1 amide bonds. The van der Waals surface area contributed by atoms with Gasteiger partial charge in [-0.2, -0.15) is 0 Å². The van der Waals surface area contributed by atoms with Gasteiger partial charge in [0, 0.05) is 23.2 Å². The number of para-hydroxylation sites is 1. The van der Waals surface area contributed by atoms with Crippen LogP contribution in [-0.4, -0.2) is 15.9 Å². The third-order valence-corrected chi connectivity index (χ3v) is 5.28.